The minimum absolute atomic E-state index is 0.162. The largest absolute Gasteiger partial charge is 0.271 e. The van der Waals surface area contributed by atoms with E-state index in [1.54, 1.807) is 52.9 Å². The monoisotopic (exact) mass is 464 g/mol. The van der Waals surface area contributed by atoms with Gasteiger partial charge in [0.25, 0.3) is 11.6 Å². The minimum Gasteiger partial charge on any atom is -0.271 e. The highest BCUT2D eigenvalue weighted by atomic mass is 32.2. The van der Waals surface area contributed by atoms with E-state index < -0.39 is 38.4 Å². The molecule has 0 unspecified atom stereocenters. The molecule has 0 radical (unpaired) electrons. The van der Waals surface area contributed by atoms with E-state index in [0.717, 1.165) is 10.4 Å². The van der Waals surface area contributed by atoms with Gasteiger partial charge >= 0.3 is 0 Å². The van der Waals surface area contributed by atoms with Gasteiger partial charge < -0.3 is 0 Å². The van der Waals surface area contributed by atoms with Crippen molar-refractivity contribution in [3.05, 3.63) is 64.5 Å². The molecule has 1 amide bonds. The first-order valence-electron chi connectivity index (χ1n) is 9.96. The number of sulfonamides is 1. The molecule has 0 aliphatic rings. The average molecular weight is 465 g/mol. The molecule has 2 aromatic rings. The molecule has 32 heavy (non-hydrogen) atoms. The van der Waals surface area contributed by atoms with Crippen LogP contribution in [0.4, 0.5) is 5.69 Å². The molecule has 0 aliphatic heterocycles. The fourth-order valence-electron chi connectivity index (χ4n) is 2.93. The third kappa shape index (κ3) is 6.55. The maximum Gasteiger partial charge on any atom is 0.270 e. The first-order chi connectivity index (χ1) is 14.8. The van der Waals surface area contributed by atoms with Gasteiger partial charge in [0.1, 0.15) is 6.04 Å². The number of nitro benzene ring substituents is 1. The molecule has 1 aromatic heterocycles. The lowest BCUT2D eigenvalue weighted by atomic mass is 10.0. The number of aromatic nitrogens is 1. The maximum absolute atomic E-state index is 13.6. The normalized spacial score (nSPS) is 13.2. The lowest BCUT2D eigenvalue weighted by Gasteiger charge is -2.33. The highest BCUT2D eigenvalue weighted by Gasteiger charge is 2.39. The molecule has 0 bridgehead atoms. The van der Waals surface area contributed by atoms with Crippen LogP contribution in [0.5, 0.6) is 0 Å². The van der Waals surface area contributed by atoms with Crippen molar-refractivity contribution in [2.24, 2.45) is 5.92 Å². The van der Waals surface area contributed by atoms with Crippen molar-refractivity contribution in [3.63, 3.8) is 0 Å². The Morgan fingerprint density at radius 3 is 2.47 bits per heavy atom. The number of hydrogen-bond donors (Lipinski definition) is 1. The van der Waals surface area contributed by atoms with Crippen LogP contribution >= 0.6 is 0 Å². The van der Waals surface area contributed by atoms with Gasteiger partial charge in [-0.05, 0) is 44.4 Å². The van der Waals surface area contributed by atoms with Crippen LogP contribution in [0.1, 0.15) is 40.2 Å². The van der Waals surface area contributed by atoms with Gasteiger partial charge in [0, 0.05) is 31.1 Å². The summed E-state index contributed by atoms with van der Waals surface area (Å²) in [6.07, 6.45) is 3.05. The van der Waals surface area contributed by atoms with Gasteiger partial charge in [-0.3, -0.25) is 24.7 Å². The molecule has 1 N–H and O–H groups in total. The number of carbonyl (C=O) groups is 1. The van der Waals surface area contributed by atoms with E-state index in [9.17, 15) is 23.3 Å². The number of amides is 1. The number of pyridine rings is 1. The maximum atomic E-state index is 13.6. The first-order valence-corrected chi connectivity index (χ1v) is 11.4. The Balaban J connectivity index is 2.55. The van der Waals surface area contributed by atoms with Gasteiger partial charge in [-0.25, -0.2) is 13.9 Å². The van der Waals surface area contributed by atoms with Crippen molar-refractivity contribution >= 4 is 21.6 Å². The molecule has 0 aliphatic carbocycles. The third-order valence-corrected chi connectivity index (χ3v) is 6.19. The Hall–Kier alpha value is -2.89. The summed E-state index contributed by atoms with van der Waals surface area (Å²) < 4.78 is 28.3. The highest BCUT2D eigenvalue weighted by Crippen LogP contribution is 2.27. The second-order valence-corrected chi connectivity index (χ2v) is 10.4. The van der Waals surface area contributed by atoms with Crippen molar-refractivity contribution in [2.75, 3.05) is 0 Å². The molecular weight excluding hydrogens is 436 g/mol. The Bertz CT molecular complexity index is 1050. The van der Waals surface area contributed by atoms with Crippen LogP contribution in [0.3, 0.4) is 0 Å². The standard InChI is InChI=1S/C21H28N4O6S/c1-15(2)19(20(26)23-31-21(3,4)5)24(14-16-8-7-11-22-13-16)32(29,30)18-10-6-9-17(12-18)25(27)28/h6-13,15,19H,14H2,1-5H3,(H,23,26)/t19-/m1/s1. The predicted molar refractivity (Wildman–Crippen MR) is 118 cm³/mol. The number of hydroxylamine groups is 1. The number of nitro groups is 1. The Morgan fingerprint density at radius 1 is 1.25 bits per heavy atom. The van der Waals surface area contributed by atoms with Crippen LogP contribution in [-0.2, 0) is 26.2 Å². The van der Waals surface area contributed by atoms with Crippen LogP contribution in [0.2, 0.25) is 0 Å². The summed E-state index contributed by atoms with van der Waals surface area (Å²) in [5, 5.41) is 11.2. The van der Waals surface area contributed by atoms with E-state index in [1.165, 1.54) is 24.4 Å². The number of rotatable bonds is 9. The van der Waals surface area contributed by atoms with Gasteiger partial charge in [-0.2, -0.15) is 4.31 Å². The highest BCUT2D eigenvalue weighted by molar-refractivity contribution is 7.89. The number of nitrogens with zero attached hydrogens (tertiary/aromatic N) is 3. The predicted octanol–water partition coefficient (Wildman–Crippen LogP) is 3.05. The van der Waals surface area contributed by atoms with Crippen LogP contribution < -0.4 is 5.48 Å². The number of hydrogen-bond acceptors (Lipinski definition) is 7. The zero-order valence-electron chi connectivity index (χ0n) is 18.7. The summed E-state index contributed by atoms with van der Waals surface area (Å²) in [5.41, 5.74) is 1.85. The molecular formula is C21H28N4O6S. The summed E-state index contributed by atoms with van der Waals surface area (Å²) in [6, 6.07) is 6.92. The van der Waals surface area contributed by atoms with Crippen molar-refractivity contribution in [1.82, 2.24) is 14.8 Å². The van der Waals surface area contributed by atoms with E-state index in [2.05, 4.69) is 10.5 Å². The number of carbonyl (C=O) groups excluding carboxylic acids is 1. The molecule has 2 rings (SSSR count). The van der Waals surface area contributed by atoms with E-state index in [0.29, 0.717) is 5.56 Å². The number of non-ortho nitro benzene ring substituents is 1. The second-order valence-electron chi connectivity index (χ2n) is 8.54. The number of benzene rings is 1. The molecule has 0 fully saturated rings. The van der Waals surface area contributed by atoms with E-state index in [4.69, 9.17) is 4.84 Å². The van der Waals surface area contributed by atoms with Gasteiger partial charge in [0.2, 0.25) is 10.0 Å². The fraction of sp³-hybridized carbons (Fsp3) is 0.429. The molecule has 174 valence electrons. The van der Waals surface area contributed by atoms with Gasteiger partial charge in [-0.1, -0.05) is 26.0 Å². The molecule has 0 spiro atoms. The summed E-state index contributed by atoms with van der Waals surface area (Å²) in [5.74, 6) is -1.09. The Kier molecular flexibility index (Phi) is 8.05. The molecule has 1 atom stereocenters. The van der Waals surface area contributed by atoms with E-state index in [1.807, 2.05) is 0 Å². The van der Waals surface area contributed by atoms with Crippen LogP contribution in [0.25, 0.3) is 0 Å². The fourth-order valence-corrected chi connectivity index (χ4v) is 4.68. The van der Waals surface area contributed by atoms with E-state index >= 15 is 0 Å². The minimum atomic E-state index is -4.31. The van der Waals surface area contributed by atoms with Crippen molar-refractivity contribution in [1.29, 1.82) is 0 Å². The number of nitrogens with one attached hydrogen (secondary N) is 1. The summed E-state index contributed by atoms with van der Waals surface area (Å²) in [6.45, 7) is 8.48. The molecule has 10 nitrogen and oxygen atoms in total. The summed E-state index contributed by atoms with van der Waals surface area (Å²) in [7, 11) is -4.31. The molecule has 0 saturated carbocycles. The van der Waals surface area contributed by atoms with Crippen LogP contribution in [0.15, 0.2) is 53.7 Å². The first kappa shape index (κ1) is 25.4. The van der Waals surface area contributed by atoms with Gasteiger partial charge in [0.05, 0.1) is 15.4 Å². The Morgan fingerprint density at radius 2 is 1.94 bits per heavy atom. The van der Waals surface area contributed by atoms with Crippen molar-refractivity contribution in [3.8, 4) is 0 Å². The van der Waals surface area contributed by atoms with Crippen LogP contribution in [-0.4, -0.2) is 40.2 Å². The molecule has 0 saturated heterocycles. The Labute approximate surface area is 187 Å². The lowest BCUT2D eigenvalue weighted by Crippen LogP contribution is -2.52. The lowest BCUT2D eigenvalue weighted by molar-refractivity contribution is -0.385. The smallest absolute Gasteiger partial charge is 0.270 e. The van der Waals surface area contributed by atoms with Gasteiger partial charge in [0.15, 0.2) is 0 Å². The van der Waals surface area contributed by atoms with Gasteiger partial charge in [-0.15, -0.1) is 0 Å². The van der Waals surface area contributed by atoms with E-state index in [-0.39, 0.29) is 17.1 Å². The third-order valence-electron chi connectivity index (χ3n) is 4.36. The SMILES string of the molecule is CC(C)[C@H](C(=O)NOC(C)(C)C)N(Cc1cccnc1)S(=O)(=O)c1cccc([N+](=O)[O-])c1. The average Bonchev–Trinajstić information content (AvgIpc) is 2.72. The molecule has 1 heterocycles. The van der Waals surface area contributed by atoms with Crippen molar-refractivity contribution in [2.45, 2.75) is 57.7 Å². The molecule has 1 aromatic carbocycles. The summed E-state index contributed by atoms with van der Waals surface area (Å²) in [4.78, 5) is 32.7. The topological polar surface area (TPSA) is 132 Å². The zero-order valence-corrected chi connectivity index (χ0v) is 19.5. The quantitative estimate of drug-likeness (QED) is 0.445. The van der Waals surface area contributed by atoms with Crippen LogP contribution in [0, 0.1) is 16.0 Å². The zero-order chi connectivity index (χ0) is 24.1. The van der Waals surface area contributed by atoms with Crippen molar-refractivity contribution < 1.29 is 23.0 Å². The summed E-state index contributed by atoms with van der Waals surface area (Å²) >= 11 is 0. The second kappa shape index (κ2) is 10.2. The molecule has 11 heteroatoms.